The van der Waals surface area contributed by atoms with Crippen molar-refractivity contribution < 1.29 is 13.7 Å². The summed E-state index contributed by atoms with van der Waals surface area (Å²) in [5.41, 5.74) is 5.11. The molecule has 3 heterocycles. The predicted octanol–water partition coefficient (Wildman–Crippen LogP) is 3.73. The molecule has 0 spiro atoms. The molecular weight excluding hydrogens is 417 g/mol. The highest BCUT2D eigenvalue weighted by Crippen LogP contribution is 2.31. The van der Waals surface area contributed by atoms with Crippen molar-refractivity contribution in [3.63, 3.8) is 0 Å². The SMILES string of the molecule is CSc1ccc(-c2noc(CN3C=CN4NC(c5ccc(F)cc5)CC4C3=O)n2)cc1. The maximum atomic E-state index is 13.2. The predicted molar refractivity (Wildman–Crippen MR) is 114 cm³/mol. The number of fused-ring (bicyclic) bond motifs is 1. The Morgan fingerprint density at radius 2 is 1.94 bits per heavy atom. The molecule has 1 saturated heterocycles. The van der Waals surface area contributed by atoms with Crippen LogP contribution in [0.4, 0.5) is 4.39 Å². The van der Waals surface area contributed by atoms with E-state index < -0.39 is 0 Å². The summed E-state index contributed by atoms with van der Waals surface area (Å²) in [6, 6.07) is 13.8. The number of benzene rings is 2. The molecule has 0 radical (unpaired) electrons. The van der Waals surface area contributed by atoms with E-state index in [0.717, 1.165) is 16.0 Å². The maximum absolute atomic E-state index is 13.2. The normalized spacial score (nSPS) is 20.4. The lowest BCUT2D eigenvalue weighted by Gasteiger charge is -2.30. The van der Waals surface area contributed by atoms with E-state index in [1.807, 2.05) is 36.7 Å². The van der Waals surface area contributed by atoms with E-state index in [2.05, 4.69) is 15.6 Å². The average Bonchev–Trinajstić information content (AvgIpc) is 3.44. The second-order valence-corrected chi connectivity index (χ2v) is 8.28. The van der Waals surface area contributed by atoms with Gasteiger partial charge in [-0.05, 0) is 54.6 Å². The van der Waals surface area contributed by atoms with Crippen LogP contribution in [0.5, 0.6) is 0 Å². The minimum atomic E-state index is -0.346. The highest BCUT2D eigenvalue weighted by Gasteiger charge is 2.40. The summed E-state index contributed by atoms with van der Waals surface area (Å²) in [5.74, 6) is 0.539. The lowest BCUT2D eigenvalue weighted by atomic mass is 10.0. The monoisotopic (exact) mass is 437 g/mol. The van der Waals surface area contributed by atoms with Gasteiger partial charge in [0.05, 0.1) is 6.04 Å². The van der Waals surface area contributed by atoms with Gasteiger partial charge >= 0.3 is 0 Å². The van der Waals surface area contributed by atoms with Gasteiger partial charge < -0.3 is 14.4 Å². The van der Waals surface area contributed by atoms with Crippen molar-refractivity contribution >= 4 is 17.7 Å². The molecule has 158 valence electrons. The second-order valence-electron chi connectivity index (χ2n) is 7.40. The summed E-state index contributed by atoms with van der Waals surface area (Å²) in [6.07, 6.45) is 6.14. The lowest BCUT2D eigenvalue weighted by molar-refractivity contribution is -0.135. The maximum Gasteiger partial charge on any atom is 0.251 e. The number of amides is 1. The molecule has 2 aliphatic heterocycles. The molecule has 0 bridgehead atoms. The number of nitrogens with zero attached hydrogens (tertiary/aromatic N) is 4. The number of hydrazine groups is 1. The Bertz CT molecular complexity index is 1120. The lowest BCUT2D eigenvalue weighted by Crippen LogP contribution is -2.47. The van der Waals surface area contributed by atoms with Crippen LogP contribution >= 0.6 is 11.8 Å². The third kappa shape index (κ3) is 3.94. The van der Waals surface area contributed by atoms with Gasteiger partial charge in [0.15, 0.2) is 0 Å². The van der Waals surface area contributed by atoms with Crippen molar-refractivity contribution in [3.8, 4) is 11.4 Å². The Hall–Kier alpha value is -3.17. The molecule has 0 saturated carbocycles. The van der Waals surface area contributed by atoms with E-state index in [4.69, 9.17) is 4.52 Å². The van der Waals surface area contributed by atoms with Gasteiger partial charge in [-0.2, -0.15) is 4.98 Å². The quantitative estimate of drug-likeness (QED) is 0.610. The first-order valence-corrected chi connectivity index (χ1v) is 11.1. The highest BCUT2D eigenvalue weighted by atomic mass is 32.2. The van der Waals surface area contributed by atoms with Gasteiger partial charge in [0.2, 0.25) is 11.7 Å². The Morgan fingerprint density at radius 1 is 1.16 bits per heavy atom. The molecule has 9 heteroatoms. The Balaban J connectivity index is 1.27. The zero-order valence-electron chi connectivity index (χ0n) is 16.7. The molecule has 1 aromatic heterocycles. The highest BCUT2D eigenvalue weighted by molar-refractivity contribution is 7.98. The molecule has 1 amide bonds. The number of hydrogen-bond acceptors (Lipinski definition) is 7. The van der Waals surface area contributed by atoms with Crippen LogP contribution in [0.25, 0.3) is 11.4 Å². The standard InChI is InChI=1S/C22H20FN5O2S/c1-31-17-8-4-15(5-9-17)21-24-20(30-26-21)13-27-10-11-28-19(22(27)29)12-18(25-28)14-2-6-16(23)7-3-14/h2-11,18-19,25H,12-13H2,1H3. The minimum Gasteiger partial charge on any atom is -0.337 e. The fraction of sp³-hybridized carbons (Fsp3) is 0.227. The van der Waals surface area contributed by atoms with Crippen molar-refractivity contribution in [1.29, 1.82) is 0 Å². The Labute approximate surface area is 182 Å². The van der Waals surface area contributed by atoms with E-state index in [-0.39, 0.29) is 30.4 Å². The van der Waals surface area contributed by atoms with Crippen molar-refractivity contribution in [2.24, 2.45) is 0 Å². The summed E-state index contributed by atoms with van der Waals surface area (Å²) < 4.78 is 18.6. The van der Waals surface area contributed by atoms with Gasteiger partial charge in [-0.3, -0.25) is 4.79 Å². The molecule has 1 fully saturated rings. The zero-order chi connectivity index (χ0) is 21.4. The largest absolute Gasteiger partial charge is 0.337 e. The van der Waals surface area contributed by atoms with Crippen LogP contribution in [0.3, 0.4) is 0 Å². The second kappa shape index (κ2) is 8.16. The van der Waals surface area contributed by atoms with Crippen LogP contribution in [0.1, 0.15) is 23.9 Å². The molecule has 2 atom stereocenters. The summed E-state index contributed by atoms with van der Waals surface area (Å²) in [7, 11) is 0. The molecule has 5 rings (SSSR count). The molecular formula is C22H20FN5O2S. The van der Waals surface area contributed by atoms with Crippen molar-refractivity contribution in [3.05, 3.63) is 78.2 Å². The first kappa shape index (κ1) is 19.8. The number of aromatic nitrogens is 2. The molecule has 0 aliphatic carbocycles. The van der Waals surface area contributed by atoms with E-state index in [1.165, 1.54) is 12.1 Å². The molecule has 2 aliphatic rings. The number of nitrogens with one attached hydrogen (secondary N) is 1. The number of carbonyl (C=O) groups is 1. The van der Waals surface area contributed by atoms with Crippen molar-refractivity contribution in [1.82, 2.24) is 25.5 Å². The number of hydrogen-bond donors (Lipinski definition) is 1. The average molecular weight is 438 g/mol. The van der Waals surface area contributed by atoms with E-state index >= 15 is 0 Å². The third-order valence-electron chi connectivity index (χ3n) is 5.47. The van der Waals surface area contributed by atoms with Crippen LogP contribution in [0, 0.1) is 5.82 Å². The van der Waals surface area contributed by atoms with Crippen LogP contribution in [0.2, 0.25) is 0 Å². The number of rotatable bonds is 5. The first-order valence-electron chi connectivity index (χ1n) is 9.86. The topological polar surface area (TPSA) is 74.5 Å². The van der Waals surface area contributed by atoms with Crippen LogP contribution in [-0.2, 0) is 11.3 Å². The Morgan fingerprint density at radius 3 is 2.68 bits per heavy atom. The van der Waals surface area contributed by atoms with Crippen LogP contribution < -0.4 is 5.43 Å². The molecule has 2 aromatic carbocycles. The number of halogens is 1. The number of carbonyl (C=O) groups excluding carboxylic acids is 1. The van der Waals surface area contributed by atoms with E-state index in [1.54, 1.807) is 40.0 Å². The fourth-order valence-corrected chi connectivity index (χ4v) is 4.21. The molecule has 3 aromatic rings. The van der Waals surface area contributed by atoms with Gasteiger partial charge in [0.25, 0.3) is 5.91 Å². The molecule has 1 N–H and O–H groups in total. The van der Waals surface area contributed by atoms with Gasteiger partial charge in [0, 0.05) is 22.9 Å². The van der Waals surface area contributed by atoms with Gasteiger partial charge in [0.1, 0.15) is 18.4 Å². The Kier molecular flexibility index (Phi) is 5.21. The van der Waals surface area contributed by atoms with Gasteiger partial charge in [-0.25, -0.2) is 9.82 Å². The van der Waals surface area contributed by atoms with E-state index in [0.29, 0.717) is 18.1 Å². The fourth-order valence-electron chi connectivity index (χ4n) is 3.80. The minimum absolute atomic E-state index is 0.0521. The number of thioether (sulfide) groups is 1. The summed E-state index contributed by atoms with van der Waals surface area (Å²) in [5, 5.41) is 5.85. The van der Waals surface area contributed by atoms with Crippen molar-refractivity contribution in [2.75, 3.05) is 6.26 Å². The third-order valence-corrected chi connectivity index (χ3v) is 6.21. The van der Waals surface area contributed by atoms with Crippen LogP contribution in [0.15, 0.2) is 70.3 Å². The van der Waals surface area contributed by atoms with Crippen molar-refractivity contribution in [2.45, 2.75) is 29.9 Å². The van der Waals surface area contributed by atoms with Crippen LogP contribution in [-0.4, -0.2) is 38.3 Å². The van der Waals surface area contributed by atoms with Gasteiger partial charge in [-0.15, -0.1) is 11.8 Å². The summed E-state index contributed by atoms with van der Waals surface area (Å²) in [4.78, 5) is 20.2. The smallest absolute Gasteiger partial charge is 0.251 e. The summed E-state index contributed by atoms with van der Waals surface area (Å²) in [6.45, 7) is 0.205. The molecule has 2 unspecified atom stereocenters. The van der Waals surface area contributed by atoms with E-state index in [9.17, 15) is 9.18 Å². The first-order chi connectivity index (χ1) is 15.1. The summed E-state index contributed by atoms with van der Waals surface area (Å²) >= 11 is 1.67. The zero-order valence-corrected chi connectivity index (χ0v) is 17.6. The van der Waals surface area contributed by atoms with Gasteiger partial charge in [-0.1, -0.05) is 17.3 Å². The molecule has 31 heavy (non-hydrogen) atoms. The molecule has 7 nitrogen and oxygen atoms in total.